The van der Waals surface area contributed by atoms with Gasteiger partial charge in [-0.3, -0.25) is 14.5 Å². The van der Waals surface area contributed by atoms with Gasteiger partial charge in [-0.25, -0.2) is 0 Å². The highest BCUT2D eigenvalue weighted by atomic mass is 35.5. The van der Waals surface area contributed by atoms with Crippen LogP contribution < -0.4 is 10.6 Å². The SMILES string of the molecule is NC(=O)[C@H]1Cc2ccccc2N1C(=O)c1ccc(Cl)cc1. The summed E-state index contributed by atoms with van der Waals surface area (Å²) >= 11 is 5.84. The zero-order chi connectivity index (χ0) is 15.0. The molecule has 0 radical (unpaired) electrons. The van der Waals surface area contributed by atoms with Crippen molar-refractivity contribution in [3.8, 4) is 0 Å². The second-order valence-corrected chi connectivity index (χ2v) is 5.37. The van der Waals surface area contributed by atoms with E-state index in [9.17, 15) is 9.59 Å². The van der Waals surface area contributed by atoms with Gasteiger partial charge in [0.05, 0.1) is 0 Å². The van der Waals surface area contributed by atoms with Crippen molar-refractivity contribution in [2.45, 2.75) is 12.5 Å². The summed E-state index contributed by atoms with van der Waals surface area (Å²) in [6.45, 7) is 0. The fourth-order valence-electron chi connectivity index (χ4n) is 2.60. The van der Waals surface area contributed by atoms with E-state index in [4.69, 9.17) is 17.3 Å². The van der Waals surface area contributed by atoms with E-state index in [1.807, 2.05) is 24.3 Å². The quantitative estimate of drug-likeness (QED) is 0.925. The van der Waals surface area contributed by atoms with E-state index in [1.165, 1.54) is 4.90 Å². The zero-order valence-electron chi connectivity index (χ0n) is 11.1. The average Bonchev–Trinajstić information content (AvgIpc) is 2.87. The molecule has 5 heteroatoms. The molecule has 0 saturated heterocycles. The maximum Gasteiger partial charge on any atom is 0.259 e. The van der Waals surface area contributed by atoms with E-state index < -0.39 is 11.9 Å². The number of para-hydroxylation sites is 1. The Bertz CT molecular complexity index is 712. The molecule has 2 N–H and O–H groups in total. The van der Waals surface area contributed by atoms with Crippen LogP contribution in [0, 0.1) is 0 Å². The molecule has 0 aliphatic carbocycles. The van der Waals surface area contributed by atoms with Gasteiger partial charge in [0.25, 0.3) is 5.91 Å². The van der Waals surface area contributed by atoms with Gasteiger partial charge in [0.1, 0.15) is 6.04 Å². The van der Waals surface area contributed by atoms with Crippen molar-refractivity contribution in [2.75, 3.05) is 4.90 Å². The molecule has 0 fully saturated rings. The van der Waals surface area contributed by atoms with E-state index in [-0.39, 0.29) is 5.91 Å². The Morgan fingerprint density at radius 3 is 2.43 bits per heavy atom. The first-order valence-corrected chi connectivity index (χ1v) is 6.92. The van der Waals surface area contributed by atoms with Crippen LogP contribution in [0.15, 0.2) is 48.5 Å². The number of carbonyl (C=O) groups excluding carboxylic acids is 2. The van der Waals surface area contributed by atoms with Crippen LogP contribution in [0.4, 0.5) is 5.69 Å². The molecule has 4 nitrogen and oxygen atoms in total. The van der Waals surface area contributed by atoms with Crippen molar-refractivity contribution in [3.05, 3.63) is 64.7 Å². The molecule has 106 valence electrons. The summed E-state index contributed by atoms with van der Waals surface area (Å²) in [5.41, 5.74) is 7.61. The van der Waals surface area contributed by atoms with E-state index in [1.54, 1.807) is 24.3 Å². The van der Waals surface area contributed by atoms with Crippen molar-refractivity contribution in [3.63, 3.8) is 0 Å². The lowest BCUT2D eigenvalue weighted by Gasteiger charge is -2.23. The van der Waals surface area contributed by atoms with Crippen LogP contribution in [0.2, 0.25) is 5.02 Å². The third-order valence-corrected chi connectivity index (χ3v) is 3.87. The molecule has 0 saturated carbocycles. The van der Waals surface area contributed by atoms with Gasteiger partial charge in [0.2, 0.25) is 5.91 Å². The van der Waals surface area contributed by atoms with Crippen molar-refractivity contribution in [1.29, 1.82) is 0 Å². The van der Waals surface area contributed by atoms with Gasteiger partial charge in [-0.2, -0.15) is 0 Å². The van der Waals surface area contributed by atoms with Gasteiger partial charge < -0.3 is 5.73 Å². The Labute approximate surface area is 127 Å². The van der Waals surface area contributed by atoms with E-state index in [0.29, 0.717) is 17.0 Å². The summed E-state index contributed by atoms with van der Waals surface area (Å²) in [6.07, 6.45) is 0.449. The molecule has 2 aromatic rings. The minimum absolute atomic E-state index is 0.250. The minimum atomic E-state index is -0.648. The molecule has 1 aliphatic heterocycles. The summed E-state index contributed by atoms with van der Waals surface area (Å²) in [7, 11) is 0. The Hall–Kier alpha value is -2.33. The normalized spacial score (nSPS) is 16.6. The van der Waals surface area contributed by atoms with E-state index in [0.717, 1.165) is 11.3 Å². The number of carbonyl (C=O) groups is 2. The topological polar surface area (TPSA) is 63.4 Å². The first-order valence-electron chi connectivity index (χ1n) is 6.54. The van der Waals surface area contributed by atoms with Crippen molar-refractivity contribution >= 4 is 29.1 Å². The highest BCUT2D eigenvalue weighted by molar-refractivity contribution is 6.30. The number of amides is 2. The van der Waals surface area contributed by atoms with Crippen LogP contribution in [-0.4, -0.2) is 17.9 Å². The predicted octanol–water partition coefficient (Wildman–Crippen LogP) is 2.40. The van der Waals surface area contributed by atoms with Gasteiger partial charge >= 0.3 is 0 Å². The summed E-state index contributed by atoms with van der Waals surface area (Å²) in [5.74, 6) is -0.756. The lowest BCUT2D eigenvalue weighted by atomic mass is 10.1. The molecule has 21 heavy (non-hydrogen) atoms. The molecule has 0 bridgehead atoms. The predicted molar refractivity (Wildman–Crippen MR) is 81.4 cm³/mol. The maximum absolute atomic E-state index is 12.7. The lowest BCUT2D eigenvalue weighted by molar-refractivity contribution is -0.119. The van der Waals surface area contributed by atoms with Crippen LogP contribution in [-0.2, 0) is 11.2 Å². The summed E-state index contributed by atoms with van der Waals surface area (Å²) in [6, 6.07) is 13.4. The van der Waals surface area contributed by atoms with Gasteiger partial charge in [-0.1, -0.05) is 29.8 Å². The molecule has 2 amide bonds. The number of rotatable bonds is 2. The third-order valence-electron chi connectivity index (χ3n) is 3.61. The summed E-state index contributed by atoms with van der Waals surface area (Å²) in [5, 5.41) is 0.555. The molecule has 1 aliphatic rings. The molecular weight excluding hydrogens is 288 g/mol. The number of anilines is 1. The Morgan fingerprint density at radius 1 is 1.10 bits per heavy atom. The molecule has 2 aromatic carbocycles. The van der Waals surface area contributed by atoms with Crippen LogP contribution in [0.3, 0.4) is 0 Å². The van der Waals surface area contributed by atoms with Gasteiger partial charge in [0, 0.05) is 22.7 Å². The summed E-state index contributed by atoms with van der Waals surface area (Å²) in [4.78, 5) is 25.9. The first-order chi connectivity index (χ1) is 10.1. The Balaban J connectivity index is 2.03. The largest absolute Gasteiger partial charge is 0.368 e. The molecule has 0 aromatic heterocycles. The second kappa shape index (κ2) is 5.22. The number of primary amides is 1. The van der Waals surface area contributed by atoms with Crippen molar-refractivity contribution in [1.82, 2.24) is 0 Å². The van der Waals surface area contributed by atoms with Gasteiger partial charge in [-0.15, -0.1) is 0 Å². The fourth-order valence-corrected chi connectivity index (χ4v) is 2.72. The highest BCUT2D eigenvalue weighted by Crippen LogP contribution is 2.33. The van der Waals surface area contributed by atoms with Crippen molar-refractivity contribution in [2.24, 2.45) is 5.73 Å². The van der Waals surface area contributed by atoms with E-state index >= 15 is 0 Å². The number of halogens is 1. The summed E-state index contributed by atoms with van der Waals surface area (Å²) < 4.78 is 0. The molecular formula is C16H13ClN2O2. The number of benzene rings is 2. The Kier molecular flexibility index (Phi) is 3.39. The number of hydrogen-bond acceptors (Lipinski definition) is 2. The minimum Gasteiger partial charge on any atom is -0.368 e. The monoisotopic (exact) mass is 300 g/mol. The smallest absolute Gasteiger partial charge is 0.259 e. The van der Waals surface area contributed by atoms with E-state index in [2.05, 4.69) is 0 Å². The molecule has 0 spiro atoms. The lowest BCUT2D eigenvalue weighted by Crippen LogP contribution is -2.46. The number of fused-ring (bicyclic) bond motifs is 1. The fraction of sp³-hybridized carbons (Fsp3) is 0.125. The zero-order valence-corrected chi connectivity index (χ0v) is 11.9. The maximum atomic E-state index is 12.7. The van der Waals surface area contributed by atoms with Crippen LogP contribution in [0.25, 0.3) is 0 Å². The molecule has 1 atom stereocenters. The molecule has 3 rings (SSSR count). The highest BCUT2D eigenvalue weighted by Gasteiger charge is 2.37. The van der Waals surface area contributed by atoms with Crippen LogP contribution in [0.1, 0.15) is 15.9 Å². The standard InChI is InChI=1S/C16H13ClN2O2/c17-12-7-5-10(6-8-12)16(21)19-13-4-2-1-3-11(13)9-14(19)15(18)20/h1-8,14H,9H2,(H2,18,20)/t14-/m1/s1. The third kappa shape index (κ3) is 2.38. The van der Waals surface area contributed by atoms with Gasteiger partial charge in [-0.05, 0) is 35.9 Å². The first kappa shape index (κ1) is 13.6. The van der Waals surface area contributed by atoms with Crippen LogP contribution in [0.5, 0.6) is 0 Å². The van der Waals surface area contributed by atoms with Gasteiger partial charge in [0.15, 0.2) is 0 Å². The van der Waals surface area contributed by atoms with Crippen molar-refractivity contribution < 1.29 is 9.59 Å². The second-order valence-electron chi connectivity index (χ2n) is 4.93. The Morgan fingerprint density at radius 2 is 1.76 bits per heavy atom. The number of nitrogens with two attached hydrogens (primary N) is 1. The molecule has 0 unspecified atom stereocenters. The molecule has 1 heterocycles. The number of hydrogen-bond donors (Lipinski definition) is 1. The number of nitrogens with zero attached hydrogens (tertiary/aromatic N) is 1. The van der Waals surface area contributed by atoms with Crippen LogP contribution >= 0.6 is 11.6 Å². The average molecular weight is 301 g/mol.